The average Bonchev–Trinajstić information content (AvgIpc) is 3.10. The minimum Gasteiger partial charge on any atom is -0.497 e. The van der Waals surface area contributed by atoms with Crippen LogP contribution in [0.2, 0.25) is 0 Å². The number of H-pyrrole nitrogens is 1. The molecule has 1 N–H and O–H groups in total. The minimum atomic E-state index is 0.0769. The molecule has 1 aromatic carbocycles. The van der Waals surface area contributed by atoms with Crippen LogP contribution in [-0.2, 0) is 0 Å². The summed E-state index contributed by atoms with van der Waals surface area (Å²) in [4.78, 5) is 20.8. The summed E-state index contributed by atoms with van der Waals surface area (Å²) >= 11 is 0. The SMILES string of the molecule is COc1ccc2cc(C(=O)N(C)CC3CCCN4CCCCC34)[nH]c2c1. The lowest BCUT2D eigenvalue weighted by atomic mass is 9.83. The second kappa shape index (κ2) is 7.31. The van der Waals surface area contributed by atoms with Gasteiger partial charge in [0.15, 0.2) is 0 Å². The quantitative estimate of drug-likeness (QED) is 0.913. The second-order valence-electron chi connectivity index (χ2n) is 7.82. The van der Waals surface area contributed by atoms with Crippen LogP contribution in [0, 0.1) is 5.92 Å². The molecule has 0 bridgehead atoms. The molecule has 2 aromatic rings. The Hall–Kier alpha value is -2.01. The van der Waals surface area contributed by atoms with Gasteiger partial charge in [0.2, 0.25) is 0 Å². The number of hydrogen-bond donors (Lipinski definition) is 1. The van der Waals surface area contributed by atoms with E-state index in [0.29, 0.717) is 17.7 Å². The maximum Gasteiger partial charge on any atom is 0.270 e. The highest BCUT2D eigenvalue weighted by Crippen LogP contribution is 2.31. The number of ether oxygens (including phenoxy) is 1. The number of carbonyl (C=O) groups is 1. The topological polar surface area (TPSA) is 48.6 Å². The Labute approximate surface area is 155 Å². The van der Waals surface area contributed by atoms with E-state index in [4.69, 9.17) is 4.74 Å². The zero-order valence-corrected chi connectivity index (χ0v) is 15.8. The number of carbonyl (C=O) groups excluding carboxylic acids is 1. The molecule has 2 atom stereocenters. The Morgan fingerprint density at radius 1 is 1.23 bits per heavy atom. The molecule has 4 rings (SSSR count). The van der Waals surface area contributed by atoms with Crippen LogP contribution in [0.15, 0.2) is 24.3 Å². The molecule has 2 aliphatic rings. The number of piperidine rings is 2. The minimum absolute atomic E-state index is 0.0769. The van der Waals surface area contributed by atoms with Crippen molar-refractivity contribution >= 4 is 16.8 Å². The number of hydrogen-bond acceptors (Lipinski definition) is 3. The fourth-order valence-corrected chi connectivity index (χ4v) is 4.78. The van der Waals surface area contributed by atoms with E-state index in [-0.39, 0.29) is 5.91 Å². The summed E-state index contributed by atoms with van der Waals surface area (Å²) in [6.45, 7) is 3.32. The largest absolute Gasteiger partial charge is 0.497 e. The highest BCUT2D eigenvalue weighted by Gasteiger charge is 2.34. The number of fused-ring (bicyclic) bond motifs is 2. The van der Waals surface area contributed by atoms with E-state index in [1.165, 1.54) is 45.2 Å². The molecule has 2 unspecified atom stereocenters. The first-order valence-electron chi connectivity index (χ1n) is 9.82. The molecular formula is C21H29N3O2. The highest BCUT2D eigenvalue weighted by atomic mass is 16.5. The maximum atomic E-state index is 13.0. The van der Waals surface area contributed by atoms with Crippen LogP contribution < -0.4 is 4.74 Å². The third-order valence-electron chi connectivity index (χ3n) is 6.14. The number of methoxy groups -OCH3 is 1. The number of aromatic nitrogens is 1. The predicted molar refractivity (Wildman–Crippen MR) is 104 cm³/mol. The Kier molecular flexibility index (Phi) is 4.90. The standard InChI is InChI=1S/C21H29N3O2/c1-23(14-16-6-5-11-24-10-4-3-7-20(16)24)21(25)19-12-15-8-9-17(26-2)13-18(15)22-19/h8-9,12-13,16,20,22H,3-7,10-11,14H2,1-2H3. The average molecular weight is 355 g/mol. The van der Waals surface area contributed by atoms with Crippen molar-refractivity contribution in [3.8, 4) is 5.75 Å². The predicted octanol–water partition coefficient (Wildman–Crippen LogP) is 3.51. The zero-order chi connectivity index (χ0) is 18.1. The van der Waals surface area contributed by atoms with Crippen LogP contribution in [0.4, 0.5) is 0 Å². The molecule has 2 fully saturated rings. The molecule has 1 aromatic heterocycles. The first-order valence-corrected chi connectivity index (χ1v) is 9.82. The zero-order valence-electron chi connectivity index (χ0n) is 15.8. The van der Waals surface area contributed by atoms with Gasteiger partial charge in [-0.3, -0.25) is 4.79 Å². The van der Waals surface area contributed by atoms with Gasteiger partial charge >= 0.3 is 0 Å². The van der Waals surface area contributed by atoms with E-state index in [1.54, 1.807) is 7.11 Å². The summed E-state index contributed by atoms with van der Waals surface area (Å²) < 4.78 is 5.27. The van der Waals surface area contributed by atoms with Crippen LogP contribution in [0.25, 0.3) is 10.9 Å². The van der Waals surface area contributed by atoms with E-state index < -0.39 is 0 Å². The molecular weight excluding hydrogens is 326 g/mol. The van der Waals surface area contributed by atoms with Gasteiger partial charge in [0.1, 0.15) is 11.4 Å². The fourth-order valence-electron chi connectivity index (χ4n) is 4.78. The second-order valence-corrected chi connectivity index (χ2v) is 7.82. The lowest BCUT2D eigenvalue weighted by Crippen LogP contribution is -2.51. The Morgan fingerprint density at radius 3 is 2.92 bits per heavy atom. The smallest absolute Gasteiger partial charge is 0.270 e. The van der Waals surface area contributed by atoms with Gasteiger partial charge in [0, 0.05) is 36.6 Å². The third kappa shape index (κ3) is 3.32. The Morgan fingerprint density at radius 2 is 2.08 bits per heavy atom. The van der Waals surface area contributed by atoms with E-state index in [9.17, 15) is 4.79 Å². The summed E-state index contributed by atoms with van der Waals surface area (Å²) in [7, 11) is 3.60. The summed E-state index contributed by atoms with van der Waals surface area (Å²) in [6.07, 6.45) is 6.45. The molecule has 5 heteroatoms. The van der Waals surface area contributed by atoms with Crippen molar-refractivity contribution in [1.29, 1.82) is 0 Å². The number of aromatic amines is 1. The maximum absolute atomic E-state index is 13.0. The summed E-state index contributed by atoms with van der Waals surface area (Å²) in [5, 5.41) is 1.04. The van der Waals surface area contributed by atoms with Crippen molar-refractivity contribution in [3.63, 3.8) is 0 Å². The molecule has 1 amide bonds. The Bertz CT molecular complexity index is 783. The van der Waals surface area contributed by atoms with Crippen LogP contribution in [0.5, 0.6) is 5.75 Å². The van der Waals surface area contributed by atoms with Crippen LogP contribution in [0.3, 0.4) is 0 Å². The van der Waals surface area contributed by atoms with Crippen molar-refractivity contribution in [2.24, 2.45) is 5.92 Å². The van der Waals surface area contributed by atoms with Crippen LogP contribution in [0.1, 0.15) is 42.6 Å². The number of amides is 1. The molecule has 0 aliphatic carbocycles. The summed E-state index contributed by atoms with van der Waals surface area (Å²) in [5.41, 5.74) is 1.60. The van der Waals surface area contributed by atoms with E-state index >= 15 is 0 Å². The van der Waals surface area contributed by atoms with Crippen molar-refractivity contribution in [2.45, 2.75) is 38.1 Å². The molecule has 3 heterocycles. The first kappa shape index (κ1) is 17.4. The van der Waals surface area contributed by atoms with E-state index in [1.807, 2.05) is 36.2 Å². The van der Waals surface area contributed by atoms with Crippen molar-refractivity contribution in [2.75, 3.05) is 33.8 Å². The van der Waals surface area contributed by atoms with Crippen LogP contribution >= 0.6 is 0 Å². The van der Waals surface area contributed by atoms with Crippen molar-refractivity contribution in [3.05, 3.63) is 30.0 Å². The molecule has 140 valence electrons. The summed E-state index contributed by atoms with van der Waals surface area (Å²) in [5.74, 6) is 1.47. The number of rotatable bonds is 4. The van der Waals surface area contributed by atoms with Gasteiger partial charge in [-0.2, -0.15) is 0 Å². The van der Waals surface area contributed by atoms with Gasteiger partial charge in [-0.05, 0) is 62.9 Å². The molecule has 0 radical (unpaired) electrons. The van der Waals surface area contributed by atoms with Gasteiger partial charge in [0.25, 0.3) is 5.91 Å². The van der Waals surface area contributed by atoms with Crippen molar-refractivity contribution in [1.82, 2.24) is 14.8 Å². The van der Waals surface area contributed by atoms with Gasteiger partial charge in [-0.15, -0.1) is 0 Å². The van der Waals surface area contributed by atoms with E-state index in [2.05, 4.69) is 9.88 Å². The normalized spacial score (nSPS) is 23.6. The molecule has 5 nitrogen and oxygen atoms in total. The Balaban J connectivity index is 1.47. The summed E-state index contributed by atoms with van der Waals surface area (Å²) in [6, 6.07) is 8.46. The van der Waals surface area contributed by atoms with Gasteiger partial charge in [-0.1, -0.05) is 6.42 Å². The molecule has 2 saturated heterocycles. The van der Waals surface area contributed by atoms with Crippen LogP contribution in [-0.4, -0.2) is 60.5 Å². The number of nitrogens with zero attached hydrogens (tertiary/aromatic N) is 2. The van der Waals surface area contributed by atoms with Gasteiger partial charge in [-0.25, -0.2) is 0 Å². The monoisotopic (exact) mass is 355 g/mol. The number of nitrogens with one attached hydrogen (secondary N) is 1. The van der Waals surface area contributed by atoms with Gasteiger partial charge < -0.3 is 19.5 Å². The first-order chi connectivity index (χ1) is 12.7. The van der Waals surface area contributed by atoms with Crippen molar-refractivity contribution < 1.29 is 9.53 Å². The molecule has 0 saturated carbocycles. The molecule has 26 heavy (non-hydrogen) atoms. The highest BCUT2D eigenvalue weighted by molar-refractivity contribution is 5.98. The lowest BCUT2D eigenvalue weighted by Gasteiger charge is -2.45. The molecule has 2 aliphatic heterocycles. The lowest BCUT2D eigenvalue weighted by molar-refractivity contribution is 0.0401. The van der Waals surface area contributed by atoms with Gasteiger partial charge in [0.05, 0.1) is 7.11 Å². The van der Waals surface area contributed by atoms with E-state index in [0.717, 1.165) is 23.2 Å². The third-order valence-corrected chi connectivity index (χ3v) is 6.14. The molecule has 0 spiro atoms. The fraction of sp³-hybridized carbons (Fsp3) is 0.571. The number of benzene rings is 1.